The van der Waals surface area contributed by atoms with E-state index >= 15 is 0 Å². The highest BCUT2D eigenvalue weighted by Gasteiger charge is 2.51. The molecule has 0 radical (unpaired) electrons. The lowest BCUT2D eigenvalue weighted by molar-refractivity contribution is -0.117. The maximum Gasteiger partial charge on any atom is 0.494 e. The smallest absolute Gasteiger partial charge is 0.399 e. The summed E-state index contributed by atoms with van der Waals surface area (Å²) >= 11 is 0. The van der Waals surface area contributed by atoms with E-state index in [9.17, 15) is 9.59 Å². The van der Waals surface area contributed by atoms with E-state index in [1.165, 1.54) is 6.92 Å². The third-order valence-electron chi connectivity index (χ3n) is 5.05. The van der Waals surface area contributed by atoms with E-state index < -0.39 is 18.3 Å². The summed E-state index contributed by atoms with van der Waals surface area (Å²) < 4.78 is 12.1. The van der Waals surface area contributed by atoms with Gasteiger partial charge < -0.3 is 19.5 Å². The van der Waals surface area contributed by atoms with Crippen molar-refractivity contribution >= 4 is 35.8 Å². The monoisotopic (exact) mass is 330 g/mol. The summed E-state index contributed by atoms with van der Waals surface area (Å²) in [6, 6.07) is 5.55. The summed E-state index contributed by atoms with van der Waals surface area (Å²) in [7, 11) is -0.508. The summed E-state index contributed by atoms with van der Waals surface area (Å²) in [4.78, 5) is 25.4. The van der Waals surface area contributed by atoms with Crippen LogP contribution in [0.3, 0.4) is 0 Å². The van der Waals surface area contributed by atoms with Crippen LogP contribution in [0, 0.1) is 0 Å². The molecule has 1 aromatic rings. The number of nitrogens with one attached hydrogen (secondary N) is 1. The first kappa shape index (κ1) is 17.0. The van der Waals surface area contributed by atoms with Gasteiger partial charge in [0, 0.05) is 19.9 Å². The van der Waals surface area contributed by atoms with Gasteiger partial charge in [0.15, 0.2) is 0 Å². The predicted octanol–water partition coefficient (Wildman–Crippen LogP) is 1.68. The first-order chi connectivity index (χ1) is 11.1. The van der Waals surface area contributed by atoms with Crippen molar-refractivity contribution in [1.29, 1.82) is 0 Å². The lowest BCUT2D eigenvalue weighted by Crippen LogP contribution is -2.41. The number of anilines is 2. The Morgan fingerprint density at radius 2 is 1.83 bits per heavy atom. The summed E-state index contributed by atoms with van der Waals surface area (Å²) in [6.07, 6.45) is 0.278. The number of benzene rings is 1. The fourth-order valence-corrected chi connectivity index (χ4v) is 2.89. The molecule has 0 saturated carbocycles. The van der Waals surface area contributed by atoms with E-state index in [0.717, 1.165) is 5.46 Å². The normalized spacial score (nSPS) is 22.0. The van der Waals surface area contributed by atoms with Crippen molar-refractivity contribution in [1.82, 2.24) is 0 Å². The van der Waals surface area contributed by atoms with Gasteiger partial charge in [-0.1, -0.05) is 6.07 Å². The Kier molecular flexibility index (Phi) is 3.96. The number of amides is 2. The van der Waals surface area contributed by atoms with Gasteiger partial charge >= 0.3 is 7.12 Å². The number of hydrogen-bond acceptors (Lipinski definition) is 4. The van der Waals surface area contributed by atoms with Gasteiger partial charge in [0.05, 0.1) is 22.6 Å². The first-order valence-electron chi connectivity index (χ1n) is 8.18. The van der Waals surface area contributed by atoms with Crippen LogP contribution < -0.4 is 15.7 Å². The van der Waals surface area contributed by atoms with E-state index in [1.807, 2.05) is 45.9 Å². The SMILES string of the molecule is CC(=O)N1CCC(=O)Nc2cc(B3OC(C)(C)C(C)(C)O3)ccc21. The minimum absolute atomic E-state index is 0.0869. The molecule has 6 nitrogen and oxygen atoms in total. The molecule has 0 spiro atoms. The molecule has 0 unspecified atom stereocenters. The van der Waals surface area contributed by atoms with E-state index in [4.69, 9.17) is 9.31 Å². The average Bonchev–Trinajstić information content (AvgIpc) is 2.60. The zero-order valence-electron chi connectivity index (χ0n) is 14.8. The van der Waals surface area contributed by atoms with Gasteiger partial charge in [0.25, 0.3) is 0 Å². The number of rotatable bonds is 1. The molecular weight excluding hydrogens is 307 g/mol. The van der Waals surface area contributed by atoms with Crippen LogP contribution in [-0.2, 0) is 18.9 Å². The highest BCUT2D eigenvalue weighted by atomic mass is 16.7. The lowest BCUT2D eigenvalue weighted by Gasteiger charge is -2.32. The Morgan fingerprint density at radius 3 is 2.42 bits per heavy atom. The van der Waals surface area contributed by atoms with Crippen molar-refractivity contribution < 1.29 is 18.9 Å². The molecule has 3 rings (SSSR count). The first-order valence-corrected chi connectivity index (χ1v) is 8.18. The standard InChI is InChI=1S/C17H23BN2O4/c1-11(21)20-9-8-15(22)19-13-10-12(6-7-14(13)20)18-23-16(2,3)17(4,5)24-18/h6-7,10H,8-9H2,1-5H3,(H,19,22). The van der Waals surface area contributed by atoms with Crippen molar-refractivity contribution in [2.75, 3.05) is 16.8 Å². The van der Waals surface area contributed by atoms with Crippen LogP contribution in [0.25, 0.3) is 0 Å². The summed E-state index contributed by atoms with van der Waals surface area (Å²) in [5.41, 5.74) is 1.27. The lowest BCUT2D eigenvalue weighted by atomic mass is 9.78. The fourth-order valence-electron chi connectivity index (χ4n) is 2.89. The molecule has 2 heterocycles. The highest BCUT2D eigenvalue weighted by molar-refractivity contribution is 6.62. The molecule has 128 valence electrons. The Balaban J connectivity index is 1.97. The highest BCUT2D eigenvalue weighted by Crippen LogP contribution is 2.37. The molecule has 1 aromatic carbocycles. The third-order valence-corrected chi connectivity index (χ3v) is 5.05. The second kappa shape index (κ2) is 5.60. The molecule has 1 N–H and O–H groups in total. The minimum Gasteiger partial charge on any atom is -0.399 e. The van der Waals surface area contributed by atoms with Crippen molar-refractivity contribution in [2.45, 2.75) is 52.2 Å². The van der Waals surface area contributed by atoms with Crippen LogP contribution in [0.15, 0.2) is 18.2 Å². The van der Waals surface area contributed by atoms with E-state index in [-0.39, 0.29) is 18.2 Å². The minimum atomic E-state index is -0.508. The maximum atomic E-state index is 11.9. The quantitative estimate of drug-likeness (QED) is 0.796. The Bertz CT molecular complexity index is 686. The Hall–Kier alpha value is -1.86. The summed E-state index contributed by atoms with van der Waals surface area (Å²) in [6.45, 7) is 9.86. The molecule has 0 aromatic heterocycles. The Labute approximate surface area is 142 Å². The Morgan fingerprint density at radius 1 is 1.21 bits per heavy atom. The van der Waals surface area contributed by atoms with Gasteiger partial charge in [-0.15, -0.1) is 0 Å². The molecule has 1 fully saturated rings. The van der Waals surface area contributed by atoms with Gasteiger partial charge in [-0.25, -0.2) is 0 Å². The van der Waals surface area contributed by atoms with Gasteiger partial charge in [0.1, 0.15) is 0 Å². The molecule has 0 bridgehead atoms. The molecule has 0 atom stereocenters. The number of hydrogen-bond donors (Lipinski definition) is 1. The van der Waals surface area contributed by atoms with Crippen LogP contribution in [-0.4, -0.2) is 36.7 Å². The zero-order chi connectivity index (χ0) is 17.7. The van der Waals surface area contributed by atoms with E-state index in [2.05, 4.69) is 5.32 Å². The van der Waals surface area contributed by atoms with E-state index in [0.29, 0.717) is 17.9 Å². The molecule has 2 aliphatic rings. The average molecular weight is 330 g/mol. The fraction of sp³-hybridized carbons (Fsp3) is 0.529. The van der Waals surface area contributed by atoms with Crippen LogP contribution in [0.1, 0.15) is 41.0 Å². The molecule has 2 amide bonds. The maximum absolute atomic E-state index is 11.9. The van der Waals surface area contributed by atoms with Gasteiger partial charge in [0.2, 0.25) is 11.8 Å². The van der Waals surface area contributed by atoms with Gasteiger partial charge in [-0.05, 0) is 45.3 Å². The number of carbonyl (C=O) groups is 2. The van der Waals surface area contributed by atoms with Crippen molar-refractivity contribution in [2.24, 2.45) is 0 Å². The van der Waals surface area contributed by atoms with Crippen LogP contribution in [0.4, 0.5) is 11.4 Å². The predicted molar refractivity (Wildman–Crippen MR) is 93.4 cm³/mol. The topological polar surface area (TPSA) is 67.9 Å². The van der Waals surface area contributed by atoms with Crippen LogP contribution in [0.5, 0.6) is 0 Å². The largest absolute Gasteiger partial charge is 0.494 e. The van der Waals surface area contributed by atoms with Crippen molar-refractivity contribution in [3.8, 4) is 0 Å². The second-order valence-corrected chi connectivity index (χ2v) is 7.33. The zero-order valence-corrected chi connectivity index (χ0v) is 14.8. The number of nitrogens with zero attached hydrogens (tertiary/aromatic N) is 1. The van der Waals surface area contributed by atoms with Crippen LogP contribution in [0.2, 0.25) is 0 Å². The van der Waals surface area contributed by atoms with Crippen LogP contribution >= 0.6 is 0 Å². The van der Waals surface area contributed by atoms with Gasteiger partial charge in [-0.2, -0.15) is 0 Å². The van der Waals surface area contributed by atoms with Crippen molar-refractivity contribution in [3.05, 3.63) is 18.2 Å². The molecule has 0 aliphatic carbocycles. The second-order valence-electron chi connectivity index (χ2n) is 7.33. The summed E-state index contributed by atoms with van der Waals surface area (Å²) in [5, 5.41) is 2.87. The number of carbonyl (C=O) groups excluding carboxylic acids is 2. The molecule has 2 aliphatic heterocycles. The van der Waals surface area contributed by atoms with Crippen molar-refractivity contribution in [3.63, 3.8) is 0 Å². The third kappa shape index (κ3) is 2.82. The van der Waals surface area contributed by atoms with Gasteiger partial charge in [-0.3, -0.25) is 9.59 Å². The molecule has 7 heteroatoms. The number of fused-ring (bicyclic) bond motifs is 1. The summed E-state index contributed by atoms with van der Waals surface area (Å²) in [5.74, 6) is -0.192. The molecular formula is C17H23BN2O4. The molecule has 1 saturated heterocycles. The van der Waals surface area contributed by atoms with E-state index in [1.54, 1.807) is 4.90 Å². The molecule has 24 heavy (non-hydrogen) atoms.